The lowest BCUT2D eigenvalue weighted by molar-refractivity contribution is -0.165. The van der Waals surface area contributed by atoms with E-state index in [1.54, 1.807) is 6.20 Å². The molecule has 27 heavy (non-hydrogen) atoms. The van der Waals surface area contributed by atoms with Crippen LogP contribution in [0.25, 0.3) is 0 Å². The highest BCUT2D eigenvalue weighted by Crippen LogP contribution is 2.56. The molecular weight excluding hydrogens is 340 g/mol. The fraction of sp³-hybridized carbons (Fsp3) is 0.636. The zero-order valence-electron chi connectivity index (χ0n) is 16.9. The van der Waals surface area contributed by atoms with E-state index in [9.17, 15) is 4.79 Å². The third kappa shape index (κ3) is 3.88. The standard InChI is InChI=1S/C22H32N2O3/c1-5-6-10-24-21(25)27-14-22-13-26-20(18-8-7-9-23-12-18)19(17(22)4)15(2)11-16(22)3/h7-9,11-12,16-17,19-20H,5-6,10,13-14H2,1-4H3,(H,24,25)/t16-,17+,19+,20+,22+/m0/s1. The highest BCUT2D eigenvalue weighted by molar-refractivity contribution is 5.67. The zero-order valence-corrected chi connectivity index (χ0v) is 16.9. The van der Waals surface area contributed by atoms with Gasteiger partial charge in [0.1, 0.15) is 6.61 Å². The molecule has 1 saturated heterocycles. The summed E-state index contributed by atoms with van der Waals surface area (Å²) in [5.41, 5.74) is 2.28. The van der Waals surface area contributed by atoms with Crippen molar-refractivity contribution in [2.75, 3.05) is 19.8 Å². The third-order valence-electron chi connectivity index (χ3n) is 6.53. The van der Waals surface area contributed by atoms with Crippen LogP contribution in [0, 0.1) is 23.2 Å². The molecule has 2 bridgehead atoms. The van der Waals surface area contributed by atoms with Crippen molar-refractivity contribution in [1.29, 1.82) is 0 Å². The number of hydrogen-bond donors (Lipinski definition) is 1. The molecule has 5 atom stereocenters. The smallest absolute Gasteiger partial charge is 0.407 e. The summed E-state index contributed by atoms with van der Waals surface area (Å²) >= 11 is 0. The second-order valence-corrected chi connectivity index (χ2v) is 8.12. The molecule has 3 rings (SSSR count). The first-order chi connectivity index (χ1) is 13.0. The van der Waals surface area contributed by atoms with Crippen molar-refractivity contribution in [2.45, 2.75) is 46.6 Å². The lowest BCUT2D eigenvalue weighted by Gasteiger charge is -2.55. The van der Waals surface area contributed by atoms with Gasteiger partial charge in [-0.25, -0.2) is 4.79 Å². The summed E-state index contributed by atoms with van der Waals surface area (Å²) in [4.78, 5) is 16.3. The topological polar surface area (TPSA) is 60.5 Å². The maximum atomic E-state index is 12.1. The van der Waals surface area contributed by atoms with E-state index in [0.29, 0.717) is 31.6 Å². The van der Waals surface area contributed by atoms with Crippen molar-refractivity contribution in [1.82, 2.24) is 10.3 Å². The molecule has 1 aromatic rings. The molecule has 2 heterocycles. The maximum absolute atomic E-state index is 12.1. The van der Waals surface area contributed by atoms with Crippen molar-refractivity contribution in [3.05, 3.63) is 41.7 Å². The Balaban J connectivity index is 1.76. The van der Waals surface area contributed by atoms with E-state index in [4.69, 9.17) is 9.47 Å². The predicted octanol–water partition coefficient (Wildman–Crippen LogP) is 4.51. The second kappa shape index (κ2) is 8.42. The summed E-state index contributed by atoms with van der Waals surface area (Å²) in [7, 11) is 0. The Labute approximate surface area is 162 Å². The highest BCUT2D eigenvalue weighted by atomic mass is 16.6. The molecule has 1 amide bonds. The number of nitrogens with one attached hydrogen (secondary N) is 1. The normalized spacial score (nSPS) is 32.5. The van der Waals surface area contributed by atoms with Gasteiger partial charge in [0.15, 0.2) is 0 Å². The van der Waals surface area contributed by atoms with Crippen LogP contribution in [-0.2, 0) is 9.47 Å². The van der Waals surface area contributed by atoms with Crippen molar-refractivity contribution in [3.8, 4) is 0 Å². The largest absolute Gasteiger partial charge is 0.449 e. The molecule has 1 aliphatic heterocycles. The Kier molecular flexibility index (Phi) is 6.20. The number of hydrogen-bond acceptors (Lipinski definition) is 4. The molecule has 5 heteroatoms. The molecule has 0 saturated carbocycles. The zero-order chi connectivity index (χ0) is 19.4. The number of amides is 1. The number of rotatable bonds is 6. The van der Waals surface area contributed by atoms with Crippen molar-refractivity contribution >= 4 is 6.09 Å². The Hall–Kier alpha value is -1.88. The van der Waals surface area contributed by atoms with Crippen LogP contribution >= 0.6 is 0 Å². The molecule has 1 fully saturated rings. The van der Waals surface area contributed by atoms with Crippen LogP contribution < -0.4 is 5.32 Å². The lowest BCUT2D eigenvalue weighted by atomic mass is 9.56. The average molecular weight is 373 g/mol. The summed E-state index contributed by atoms with van der Waals surface area (Å²) in [5.74, 6) is 0.910. The number of carbonyl (C=O) groups is 1. The van der Waals surface area contributed by atoms with E-state index in [-0.39, 0.29) is 23.5 Å². The summed E-state index contributed by atoms with van der Waals surface area (Å²) in [6.07, 6.45) is 7.72. The lowest BCUT2D eigenvalue weighted by Crippen LogP contribution is -2.54. The third-order valence-corrected chi connectivity index (χ3v) is 6.53. The van der Waals surface area contributed by atoms with Gasteiger partial charge in [-0.15, -0.1) is 0 Å². The van der Waals surface area contributed by atoms with E-state index < -0.39 is 0 Å². The fourth-order valence-corrected chi connectivity index (χ4v) is 4.72. The monoisotopic (exact) mass is 372 g/mol. The molecule has 5 nitrogen and oxygen atoms in total. The van der Waals surface area contributed by atoms with E-state index in [1.165, 1.54) is 5.57 Å². The van der Waals surface area contributed by atoms with Crippen molar-refractivity contribution in [2.24, 2.45) is 23.2 Å². The minimum absolute atomic E-state index is 0.00366. The van der Waals surface area contributed by atoms with E-state index in [2.05, 4.69) is 50.1 Å². The molecule has 0 spiro atoms. The van der Waals surface area contributed by atoms with Crippen LogP contribution in [0.5, 0.6) is 0 Å². The molecular formula is C22H32N2O3. The van der Waals surface area contributed by atoms with Gasteiger partial charge < -0.3 is 14.8 Å². The number of fused-ring (bicyclic) bond motifs is 2. The molecule has 1 N–H and O–H groups in total. The highest BCUT2D eigenvalue weighted by Gasteiger charge is 2.54. The second-order valence-electron chi connectivity index (χ2n) is 8.12. The Morgan fingerprint density at radius 1 is 1.44 bits per heavy atom. The van der Waals surface area contributed by atoms with Gasteiger partial charge in [0.2, 0.25) is 0 Å². The Morgan fingerprint density at radius 3 is 2.96 bits per heavy atom. The minimum Gasteiger partial charge on any atom is -0.449 e. The quantitative estimate of drug-likeness (QED) is 0.589. The Bertz CT molecular complexity index is 675. The SMILES string of the molecule is CCCCNC(=O)OC[C@]12CO[C@H](c3cccnc3)[C@H](C(C)=C[C@@H]1C)[C@H]2C. The number of ether oxygens (including phenoxy) is 2. The first-order valence-corrected chi connectivity index (χ1v) is 10.1. The molecule has 1 aromatic heterocycles. The van der Waals surface area contributed by atoms with Crippen LogP contribution in [0.2, 0.25) is 0 Å². The molecule has 1 aliphatic carbocycles. The van der Waals surface area contributed by atoms with E-state index in [1.807, 2.05) is 12.3 Å². The van der Waals surface area contributed by atoms with Gasteiger partial charge in [0.05, 0.1) is 12.7 Å². The summed E-state index contributed by atoms with van der Waals surface area (Å²) in [6.45, 7) is 10.4. The van der Waals surface area contributed by atoms with Gasteiger partial charge in [-0.3, -0.25) is 4.98 Å². The summed E-state index contributed by atoms with van der Waals surface area (Å²) < 4.78 is 12.0. The first-order valence-electron chi connectivity index (χ1n) is 10.1. The van der Waals surface area contributed by atoms with Crippen LogP contribution in [0.1, 0.15) is 52.2 Å². The molecule has 148 valence electrons. The minimum atomic E-state index is -0.325. The number of carbonyl (C=O) groups excluding carboxylic acids is 1. The number of allylic oxidation sites excluding steroid dienone is 1. The van der Waals surface area contributed by atoms with Gasteiger partial charge >= 0.3 is 6.09 Å². The summed E-state index contributed by atoms with van der Waals surface area (Å²) in [6, 6.07) is 4.04. The van der Waals surface area contributed by atoms with Gasteiger partial charge in [-0.2, -0.15) is 0 Å². The van der Waals surface area contributed by atoms with Crippen molar-refractivity contribution in [3.63, 3.8) is 0 Å². The molecule has 2 aliphatic rings. The Morgan fingerprint density at radius 2 is 2.26 bits per heavy atom. The van der Waals surface area contributed by atoms with Crippen LogP contribution in [0.15, 0.2) is 36.2 Å². The molecule has 0 aromatic carbocycles. The van der Waals surface area contributed by atoms with Gasteiger partial charge in [0.25, 0.3) is 0 Å². The summed E-state index contributed by atoms with van der Waals surface area (Å²) in [5, 5.41) is 2.84. The van der Waals surface area contributed by atoms with Crippen LogP contribution in [0.3, 0.4) is 0 Å². The predicted molar refractivity (Wildman–Crippen MR) is 105 cm³/mol. The maximum Gasteiger partial charge on any atom is 0.407 e. The van der Waals surface area contributed by atoms with Crippen LogP contribution in [0.4, 0.5) is 4.79 Å². The van der Waals surface area contributed by atoms with E-state index >= 15 is 0 Å². The number of unbranched alkanes of at least 4 members (excludes halogenated alkanes) is 1. The van der Waals surface area contributed by atoms with Crippen LogP contribution in [-0.4, -0.2) is 30.8 Å². The van der Waals surface area contributed by atoms with E-state index in [0.717, 1.165) is 18.4 Å². The van der Waals surface area contributed by atoms with Gasteiger partial charge in [-0.05, 0) is 36.8 Å². The number of alkyl carbamates (subject to hydrolysis) is 1. The fourth-order valence-electron chi connectivity index (χ4n) is 4.72. The van der Waals surface area contributed by atoms with Crippen molar-refractivity contribution < 1.29 is 14.3 Å². The number of pyridine rings is 1. The first kappa shape index (κ1) is 19.9. The molecule has 0 radical (unpaired) electrons. The number of aromatic nitrogens is 1. The average Bonchev–Trinajstić information content (AvgIpc) is 2.66. The van der Waals surface area contributed by atoms with Gasteiger partial charge in [-0.1, -0.05) is 44.9 Å². The molecule has 0 unspecified atom stereocenters. The number of nitrogens with zero attached hydrogens (tertiary/aromatic N) is 1. The van der Waals surface area contributed by atoms with Gasteiger partial charge in [0, 0.05) is 30.3 Å².